The summed E-state index contributed by atoms with van der Waals surface area (Å²) in [5.41, 5.74) is 0.107. The van der Waals surface area contributed by atoms with E-state index >= 15 is 0 Å². The van der Waals surface area contributed by atoms with Crippen LogP contribution in [-0.2, 0) is 25.5 Å². The lowest BCUT2D eigenvalue weighted by atomic mass is 10.1. The molecule has 3 N–H and O–H groups in total. The number of rotatable bonds is 10. The molecule has 1 aliphatic rings. The van der Waals surface area contributed by atoms with Crippen LogP contribution in [0.3, 0.4) is 0 Å². The van der Waals surface area contributed by atoms with Gasteiger partial charge < -0.3 is 24.8 Å². The molecule has 0 spiro atoms. The van der Waals surface area contributed by atoms with Gasteiger partial charge >= 0.3 is 6.09 Å². The lowest BCUT2D eigenvalue weighted by Crippen LogP contribution is -2.45. The summed E-state index contributed by atoms with van der Waals surface area (Å²) in [7, 11) is 0. The van der Waals surface area contributed by atoms with Crippen LogP contribution in [0.4, 0.5) is 19.4 Å². The summed E-state index contributed by atoms with van der Waals surface area (Å²) >= 11 is 0. The van der Waals surface area contributed by atoms with Gasteiger partial charge in [0.2, 0.25) is 5.91 Å². The zero-order valence-electron chi connectivity index (χ0n) is 21.1. The normalized spacial score (nSPS) is 17.2. The number of amides is 2. The fraction of sp³-hybridized carbons (Fsp3) is 0.370. The molecule has 2 amide bonds. The van der Waals surface area contributed by atoms with Crippen molar-refractivity contribution in [1.82, 2.24) is 15.6 Å². The number of fused-ring (bicyclic) bond motifs is 1. The second kappa shape index (κ2) is 12.2. The van der Waals surface area contributed by atoms with Crippen molar-refractivity contribution in [2.75, 3.05) is 25.1 Å². The van der Waals surface area contributed by atoms with Crippen molar-refractivity contribution in [3.63, 3.8) is 0 Å². The van der Waals surface area contributed by atoms with Gasteiger partial charge in [-0.1, -0.05) is 36.4 Å². The van der Waals surface area contributed by atoms with Gasteiger partial charge in [-0.3, -0.25) is 10.1 Å². The summed E-state index contributed by atoms with van der Waals surface area (Å²) < 4.78 is 44.0. The number of aromatic nitrogens is 1. The summed E-state index contributed by atoms with van der Waals surface area (Å²) in [5, 5.41) is 10.0. The SMILES string of the molecule is CC1(C)OC[C@@H](C[C@@H](COC(=O)Nc2cc3ccccc3cn2)NC(=O)CNCc2cccc(F)c2F)O1. The van der Waals surface area contributed by atoms with Crippen LogP contribution >= 0.6 is 0 Å². The van der Waals surface area contributed by atoms with E-state index < -0.39 is 35.5 Å². The summed E-state index contributed by atoms with van der Waals surface area (Å²) in [6.45, 7) is 3.57. The highest BCUT2D eigenvalue weighted by atomic mass is 19.2. The smallest absolute Gasteiger partial charge is 0.412 e. The fourth-order valence-corrected chi connectivity index (χ4v) is 4.11. The van der Waals surface area contributed by atoms with Crippen LogP contribution in [0.2, 0.25) is 0 Å². The first-order valence-electron chi connectivity index (χ1n) is 12.2. The van der Waals surface area contributed by atoms with E-state index in [1.807, 2.05) is 24.3 Å². The maximum absolute atomic E-state index is 13.8. The first kappa shape index (κ1) is 27.4. The quantitative estimate of drug-likeness (QED) is 0.366. The summed E-state index contributed by atoms with van der Waals surface area (Å²) in [6.07, 6.45) is 0.930. The molecule has 2 heterocycles. The maximum atomic E-state index is 13.8. The standard InChI is InChI=1S/C27H30F2N4O5/c1-27(2)37-16-21(38-27)11-20(32-24(34)14-30-12-19-8-5-9-22(28)25(19)29)15-36-26(35)33-23-10-17-6-3-4-7-18(17)13-31-23/h3-10,13,20-21,30H,11-12,14-16H2,1-2H3,(H,32,34)(H,31,33,35)/t20-,21+/m0/s1. The number of carbonyl (C=O) groups is 2. The molecule has 11 heteroatoms. The number of hydrogen-bond donors (Lipinski definition) is 3. The molecule has 4 rings (SSSR count). The van der Waals surface area contributed by atoms with Crippen molar-refractivity contribution in [2.45, 2.75) is 44.7 Å². The van der Waals surface area contributed by atoms with Gasteiger partial charge in [0.1, 0.15) is 12.4 Å². The van der Waals surface area contributed by atoms with Crippen LogP contribution in [0.15, 0.2) is 54.7 Å². The Balaban J connectivity index is 1.31. The molecule has 9 nitrogen and oxygen atoms in total. The third-order valence-corrected chi connectivity index (χ3v) is 5.89. The number of hydrogen-bond acceptors (Lipinski definition) is 7. The zero-order chi connectivity index (χ0) is 27.1. The second-order valence-corrected chi connectivity index (χ2v) is 9.41. The highest BCUT2D eigenvalue weighted by molar-refractivity contribution is 5.89. The molecular weight excluding hydrogens is 498 g/mol. The third-order valence-electron chi connectivity index (χ3n) is 5.89. The first-order valence-corrected chi connectivity index (χ1v) is 12.2. The molecule has 0 bridgehead atoms. The number of halogens is 2. The molecule has 2 atom stereocenters. The van der Waals surface area contributed by atoms with E-state index in [4.69, 9.17) is 14.2 Å². The van der Waals surface area contributed by atoms with Gasteiger partial charge in [-0.25, -0.2) is 18.6 Å². The van der Waals surface area contributed by atoms with Crippen LogP contribution in [0.25, 0.3) is 10.8 Å². The van der Waals surface area contributed by atoms with Crippen molar-refractivity contribution in [3.8, 4) is 0 Å². The third kappa shape index (κ3) is 7.67. The van der Waals surface area contributed by atoms with Crippen LogP contribution < -0.4 is 16.0 Å². The topological polar surface area (TPSA) is 111 Å². The van der Waals surface area contributed by atoms with E-state index in [0.717, 1.165) is 16.8 Å². The lowest BCUT2D eigenvalue weighted by molar-refractivity contribution is -0.140. The number of anilines is 1. The van der Waals surface area contributed by atoms with Gasteiger partial charge in [0, 0.05) is 23.7 Å². The van der Waals surface area contributed by atoms with Crippen LogP contribution in [0, 0.1) is 11.6 Å². The van der Waals surface area contributed by atoms with E-state index in [1.54, 1.807) is 26.1 Å². The van der Waals surface area contributed by atoms with Gasteiger partial charge in [-0.2, -0.15) is 0 Å². The molecule has 0 aliphatic carbocycles. The molecule has 0 unspecified atom stereocenters. The number of ether oxygens (including phenoxy) is 3. The molecule has 202 valence electrons. The Hall–Kier alpha value is -3.67. The molecule has 1 aromatic heterocycles. The molecule has 0 radical (unpaired) electrons. The summed E-state index contributed by atoms with van der Waals surface area (Å²) in [4.78, 5) is 29.2. The van der Waals surface area contributed by atoms with Crippen molar-refractivity contribution in [2.24, 2.45) is 0 Å². The summed E-state index contributed by atoms with van der Waals surface area (Å²) in [5.74, 6) is -2.75. The molecule has 0 saturated carbocycles. The molecule has 2 aromatic carbocycles. The number of benzene rings is 2. The molecule has 1 saturated heterocycles. The molecular formula is C27H30F2N4O5. The van der Waals surface area contributed by atoms with Crippen LogP contribution in [0.1, 0.15) is 25.8 Å². The highest BCUT2D eigenvalue weighted by Crippen LogP contribution is 2.25. The van der Waals surface area contributed by atoms with Gasteiger partial charge in [0.25, 0.3) is 0 Å². The predicted octanol–water partition coefficient (Wildman–Crippen LogP) is 3.88. The van der Waals surface area contributed by atoms with Gasteiger partial charge in [-0.15, -0.1) is 0 Å². The Morgan fingerprint density at radius 2 is 1.95 bits per heavy atom. The minimum absolute atomic E-state index is 0.0346. The number of pyridine rings is 1. The minimum Gasteiger partial charge on any atom is -0.447 e. The van der Waals surface area contributed by atoms with Gasteiger partial charge in [0.05, 0.1) is 25.3 Å². The number of carbonyl (C=O) groups excluding carboxylic acids is 2. The molecule has 38 heavy (non-hydrogen) atoms. The Labute approximate surface area is 218 Å². The zero-order valence-corrected chi connectivity index (χ0v) is 21.1. The monoisotopic (exact) mass is 528 g/mol. The van der Waals surface area contributed by atoms with E-state index in [2.05, 4.69) is 20.9 Å². The van der Waals surface area contributed by atoms with Crippen LogP contribution in [0.5, 0.6) is 0 Å². The van der Waals surface area contributed by atoms with E-state index in [1.165, 1.54) is 12.1 Å². The van der Waals surface area contributed by atoms with Crippen LogP contribution in [-0.4, -0.2) is 54.7 Å². The maximum Gasteiger partial charge on any atom is 0.412 e. The van der Waals surface area contributed by atoms with E-state index in [9.17, 15) is 18.4 Å². The van der Waals surface area contributed by atoms with Crippen molar-refractivity contribution < 1.29 is 32.6 Å². The average Bonchev–Trinajstić information content (AvgIpc) is 3.23. The predicted molar refractivity (Wildman–Crippen MR) is 136 cm³/mol. The number of nitrogens with zero attached hydrogens (tertiary/aromatic N) is 1. The lowest BCUT2D eigenvalue weighted by Gasteiger charge is -2.23. The fourth-order valence-electron chi connectivity index (χ4n) is 4.11. The average molecular weight is 529 g/mol. The van der Waals surface area contributed by atoms with Crippen molar-refractivity contribution in [3.05, 3.63) is 71.9 Å². The van der Waals surface area contributed by atoms with Crippen molar-refractivity contribution >= 4 is 28.6 Å². The van der Waals surface area contributed by atoms with E-state index in [0.29, 0.717) is 18.8 Å². The molecule has 1 aliphatic heterocycles. The Kier molecular flexibility index (Phi) is 8.82. The summed E-state index contributed by atoms with van der Waals surface area (Å²) in [6, 6.07) is 12.6. The molecule has 1 fully saturated rings. The first-order chi connectivity index (χ1) is 18.2. The Morgan fingerprint density at radius 3 is 2.71 bits per heavy atom. The Morgan fingerprint density at radius 1 is 1.16 bits per heavy atom. The largest absolute Gasteiger partial charge is 0.447 e. The molecule has 3 aromatic rings. The number of nitrogens with one attached hydrogen (secondary N) is 3. The van der Waals surface area contributed by atoms with Gasteiger partial charge in [-0.05, 0) is 37.8 Å². The Bertz CT molecular complexity index is 1290. The van der Waals surface area contributed by atoms with Crippen molar-refractivity contribution in [1.29, 1.82) is 0 Å². The van der Waals surface area contributed by atoms with E-state index in [-0.39, 0.29) is 31.4 Å². The highest BCUT2D eigenvalue weighted by Gasteiger charge is 2.34. The second-order valence-electron chi connectivity index (χ2n) is 9.41. The minimum atomic E-state index is -0.959. The van der Waals surface area contributed by atoms with Gasteiger partial charge in [0.15, 0.2) is 17.4 Å².